The van der Waals surface area contributed by atoms with E-state index in [2.05, 4.69) is 0 Å². The zero-order valence-corrected chi connectivity index (χ0v) is 19.8. The van der Waals surface area contributed by atoms with Gasteiger partial charge in [-0.05, 0) is 25.1 Å². The fourth-order valence-electron chi connectivity index (χ4n) is 3.99. The van der Waals surface area contributed by atoms with E-state index >= 15 is 0 Å². The number of hydrogen-bond acceptors (Lipinski definition) is 12. The number of methoxy groups -OCH3 is 3. The van der Waals surface area contributed by atoms with Gasteiger partial charge >= 0.3 is 0 Å². The standard InChI is InChI=1S/C24H26O12/c1-9-16(26)19(29)20(30)24(34-9)36-14-8-13-15(17(27)22(14)32-3)18(28)23(33-4)21(35-13)10-5-6-11(25)12(7-10)31-2/h5-9,16,19-20,24-27,29-30H,1-4H3/t9-,16+,19-,20-,24-/m1/s1. The van der Waals surface area contributed by atoms with Crippen molar-refractivity contribution in [3.05, 3.63) is 34.5 Å². The van der Waals surface area contributed by atoms with Gasteiger partial charge in [-0.2, -0.15) is 0 Å². The van der Waals surface area contributed by atoms with E-state index < -0.39 is 41.9 Å². The molecule has 5 atom stereocenters. The molecule has 3 aromatic rings. The van der Waals surface area contributed by atoms with E-state index in [4.69, 9.17) is 28.1 Å². The summed E-state index contributed by atoms with van der Waals surface area (Å²) in [6.07, 6.45) is -6.87. The van der Waals surface area contributed by atoms with Crippen LogP contribution in [-0.2, 0) is 4.74 Å². The Balaban J connectivity index is 1.89. The van der Waals surface area contributed by atoms with Crippen LogP contribution in [0.15, 0.2) is 33.5 Å². The highest BCUT2D eigenvalue weighted by atomic mass is 16.7. The van der Waals surface area contributed by atoms with E-state index in [1.165, 1.54) is 52.5 Å². The lowest BCUT2D eigenvalue weighted by Gasteiger charge is -2.39. The molecule has 1 fully saturated rings. The second-order valence-corrected chi connectivity index (χ2v) is 8.11. The lowest BCUT2D eigenvalue weighted by molar-refractivity contribution is -0.268. The molecule has 194 valence electrons. The molecule has 0 aliphatic carbocycles. The summed E-state index contributed by atoms with van der Waals surface area (Å²) >= 11 is 0. The summed E-state index contributed by atoms with van der Waals surface area (Å²) in [5.74, 6) is -1.31. The van der Waals surface area contributed by atoms with Crippen LogP contribution in [0.5, 0.6) is 34.5 Å². The summed E-state index contributed by atoms with van der Waals surface area (Å²) in [5.41, 5.74) is -0.519. The minimum Gasteiger partial charge on any atom is -0.504 e. The second kappa shape index (κ2) is 9.74. The monoisotopic (exact) mass is 506 g/mol. The van der Waals surface area contributed by atoms with Crippen molar-refractivity contribution in [3.63, 3.8) is 0 Å². The molecule has 4 rings (SSSR count). The zero-order valence-electron chi connectivity index (χ0n) is 19.8. The van der Waals surface area contributed by atoms with Crippen molar-refractivity contribution in [1.82, 2.24) is 0 Å². The third kappa shape index (κ3) is 4.13. The topological polar surface area (TPSA) is 178 Å². The Morgan fingerprint density at radius 1 is 0.861 bits per heavy atom. The number of aliphatic hydroxyl groups excluding tert-OH is 3. The number of ether oxygens (including phenoxy) is 5. The number of fused-ring (bicyclic) bond motifs is 1. The lowest BCUT2D eigenvalue weighted by atomic mass is 10.00. The van der Waals surface area contributed by atoms with Crippen LogP contribution < -0.4 is 24.4 Å². The number of hydrogen-bond donors (Lipinski definition) is 5. The minimum atomic E-state index is -1.64. The Bertz CT molecular complexity index is 1330. The van der Waals surface area contributed by atoms with Crippen LogP contribution in [0.25, 0.3) is 22.3 Å². The van der Waals surface area contributed by atoms with E-state index in [1.54, 1.807) is 0 Å². The first-order chi connectivity index (χ1) is 17.1. The number of aliphatic hydroxyl groups is 3. The van der Waals surface area contributed by atoms with Crippen molar-refractivity contribution in [1.29, 1.82) is 0 Å². The van der Waals surface area contributed by atoms with Gasteiger partial charge in [0.25, 0.3) is 0 Å². The van der Waals surface area contributed by atoms with Crippen molar-refractivity contribution < 1.29 is 53.6 Å². The molecule has 0 saturated carbocycles. The molecular formula is C24H26O12. The molecule has 12 nitrogen and oxygen atoms in total. The number of phenolic OH excluding ortho intramolecular Hbond substituents is 2. The lowest BCUT2D eigenvalue weighted by Crippen LogP contribution is -2.58. The number of benzene rings is 2. The first kappa shape index (κ1) is 25.4. The van der Waals surface area contributed by atoms with E-state index in [9.17, 15) is 30.3 Å². The SMILES string of the molecule is COc1cc(-c2oc3cc(O[C@H]4O[C@H](C)[C@H](O)[C@@H](O)[C@H]4O)c(OC)c(O)c3c(=O)c2OC)ccc1O. The van der Waals surface area contributed by atoms with Crippen LogP contribution in [0.4, 0.5) is 0 Å². The maximum atomic E-state index is 13.3. The maximum absolute atomic E-state index is 13.3. The van der Waals surface area contributed by atoms with Crippen LogP contribution in [-0.4, -0.2) is 77.6 Å². The van der Waals surface area contributed by atoms with Crippen molar-refractivity contribution in [2.24, 2.45) is 0 Å². The van der Waals surface area contributed by atoms with Gasteiger partial charge in [0.1, 0.15) is 29.3 Å². The highest BCUT2D eigenvalue weighted by molar-refractivity contribution is 5.91. The van der Waals surface area contributed by atoms with Crippen LogP contribution >= 0.6 is 0 Å². The number of aromatic hydroxyl groups is 2. The zero-order chi connectivity index (χ0) is 26.3. The Morgan fingerprint density at radius 3 is 2.19 bits per heavy atom. The van der Waals surface area contributed by atoms with Gasteiger partial charge in [0.15, 0.2) is 28.8 Å². The molecule has 0 bridgehead atoms. The summed E-state index contributed by atoms with van der Waals surface area (Å²) in [6.45, 7) is 1.48. The summed E-state index contributed by atoms with van der Waals surface area (Å²) in [6, 6.07) is 5.50. The summed E-state index contributed by atoms with van der Waals surface area (Å²) in [5, 5.41) is 50.9. The molecule has 2 heterocycles. The van der Waals surface area contributed by atoms with Gasteiger partial charge in [0.05, 0.1) is 27.4 Å². The van der Waals surface area contributed by atoms with Gasteiger partial charge < -0.3 is 53.6 Å². The van der Waals surface area contributed by atoms with Crippen molar-refractivity contribution >= 4 is 11.0 Å². The highest BCUT2D eigenvalue weighted by Gasteiger charge is 2.43. The molecule has 5 N–H and O–H groups in total. The van der Waals surface area contributed by atoms with E-state index in [0.29, 0.717) is 5.56 Å². The molecule has 0 unspecified atom stereocenters. The van der Waals surface area contributed by atoms with Gasteiger partial charge in [-0.3, -0.25) is 4.79 Å². The highest BCUT2D eigenvalue weighted by Crippen LogP contribution is 2.45. The van der Waals surface area contributed by atoms with Gasteiger partial charge in [-0.15, -0.1) is 0 Å². The van der Waals surface area contributed by atoms with Gasteiger partial charge in [-0.25, -0.2) is 0 Å². The van der Waals surface area contributed by atoms with Crippen molar-refractivity contribution in [2.75, 3.05) is 21.3 Å². The van der Waals surface area contributed by atoms with Crippen LogP contribution in [0.3, 0.4) is 0 Å². The molecule has 0 amide bonds. The number of rotatable bonds is 6. The molecule has 12 heteroatoms. The second-order valence-electron chi connectivity index (χ2n) is 8.11. The third-order valence-corrected chi connectivity index (χ3v) is 5.94. The van der Waals surface area contributed by atoms with Crippen LogP contribution in [0.1, 0.15) is 6.92 Å². The smallest absolute Gasteiger partial charge is 0.239 e. The van der Waals surface area contributed by atoms with Crippen LogP contribution in [0.2, 0.25) is 0 Å². The maximum Gasteiger partial charge on any atom is 0.239 e. The average Bonchev–Trinajstić information content (AvgIpc) is 2.86. The van der Waals surface area contributed by atoms with E-state index in [-0.39, 0.29) is 45.5 Å². The first-order valence-corrected chi connectivity index (χ1v) is 10.8. The average molecular weight is 506 g/mol. The molecule has 0 spiro atoms. The largest absolute Gasteiger partial charge is 0.504 e. The fourth-order valence-corrected chi connectivity index (χ4v) is 3.99. The normalized spacial score (nSPS) is 23.9. The molecular weight excluding hydrogens is 480 g/mol. The summed E-state index contributed by atoms with van der Waals surface area (Å²) in [7, 11) is 3.84. The quantitative estimate of drug-likeness (QED) is 0.322. The van der Waals surface area contributed by atoms with Crippen molar-refractivity contribution in [2.45, 2.75) is 37.6 Å². The molecule has 1 aliphatic heterocycles. The molecule has 1 aromatic heterocycles. The molecule has 2 aromatic carbocycles. The van der Waals surface area contributed by atoms with E-state index in [0.717, 1.165) is 0 Å². The van der Waals surface area contributed by atoms with Gasteiger partial charge in [-0.1, -0.05) is 0 Å². The van der Waals surface area contributed by atoms with Crippen molar-refractivity contribution in [3.8, 4) is 45.8 Å². The molecule has 0 radical (unpaired) electrons. The Hall–Kier alpha value is -3.71. The summed E-state index contributed by atoms with van der Waals surface area (Å²) < 4.78 is 32.7. The predicted octanol–water partition coefficient (Wildman–Crippen LogP) is 1.10. The Labute approximate surface area is 204 Å². The van der Waals surface area contributed by atoms with Gasteiger partial charge in [0, 0.05) is 11.6 Å². The molecule has 1 saturated heterocycles. The molecule has 36 heavy (non-hydrogen) atoms. The number of phenols is 2. The fraction of sp³-hybridized carbons (Fsp3) is 0.375. The molecule has 1 aliphatic rings. The van der Waals surface area contributed by atoms with Crippen LogP contribution in [0, 0.1) is 0 Å². The Morgan fingerprint density at radius 2 is 1.56 bits per heavy atom. The summed E-state index contributed by atoms with van der Waals surface area (Å²) in [4.78, 5) is 13.3. The van der Waals surface area contributed by atoms with E-state index in [1.807, 2.05) is 0 Å². The Kier molecular flexibility index (Phi) is 6.87. The predicted molar refractivity (Wildman–Crippen MR) is 124 cm³/mol. The van der Waals surface area contributed by atoms with Gasteiger partial charge in [0.2, 0.25) is 23.2 Å². The third-order valence-electron chi connectivity index (χ3n) is 5.94. The minimum absolute atomic E-state index is 0.0232. The first-order valence-electron chi connectivity index (χ1n) is 10.8.